The second kappa shape index (κ2) is 4.47. The van der Waals surface area contributed by atoms with Gasteiger partial charge in [0.15, 0.2) is 9.84 Å². The van der Waals surface area contributed by atoms with Gasteiger partial charge in [0.1, 0.15) is 0 Å². The van der Waals surface area contributed by atoms with Crippen molar-refractivity contribution in [2.24, 2.45) is 5.41 Å². The van der Waals surface area contributed by atoms with Crippen molar-refractivity contribution in [2.75, 3.05) is 0 Å². The molecular formula is C19H13NO2S. The molecule has 0 N–H and O–H groups in total. The minimum Gasteiger partial charge on any atom is -0.223 e. The van der Waals surface area contributed by atoms with Crippen LogP contribution in [0.15, 0.2) is 59.5 Å². The zero-order valence-corrected chi connectivity index (χ0v) is 13.1. The third-order valence-electron chi connectivity index (χ3n) is 4.82. The van der Waals surface area contributed by atoms with Gasteiger partial charge in [-0.1, -0.05) is 30.0 Å². The molecular weight excluding hydrogens is 306 g/mol. The number of hydrogen-bond donors (Lipinski definition) is 0. The van der Waals surface area contributed by atoms with Gasteiger partial charge in [0.25, 0.3) is 0 Å². The van der Waals surface area contributed by atoms with E-state index in [1.807, 2.05) is 6.07 Å². The van der Waals surface area contributed by atoms with Crippen molar-refractivity contribution in [3.05, 3.63) is 65.7 Å². The Balaban J connectivity index is 1.59. The Kier molecular flexibility index (Phi) is 2.73. The molecule has 23 heavy (non-hydrogen) atoms. The second-order valence-electron chi connectivity index (χ2n) is 6.19. The van der Waals surface area contributed by atoms with E-state index in [9.17, 15) is 8.42 Å². The zero-order chi connectivity index (χ0) is 16.1. The highest BCUT2D eigenvalue weighted by Crippen LogP contribution is 2.83. The number of nitrogens with zero attached hydrogens (tertiary/aromatic N) is 1. The molecule has 2 aliphatic carbocycles. The Morgan fingerprint density at radius 2 is 1.52 bits per heavy atom. The average Bonchev–Trinajstić information content (AvgIpc) is 3.42. The van der Waals surface area contributed by atoms with E-state index in [1.54, 1.807) is 48.5 Å². The van der Waals surface area contributed by atoms with Gasteiger partial charge in [0.05, 0.1) is 26.7 Å². The van der Waals surface area contributed by atoms with Crippen LogP contribution in [0, 0.1) is 28.6 Å². The largest absolute Gasteiger partial charge is 0.223 e. The van der Waals surface area contributed by atoms with Gasteiger partial charge >= 0.3 is 0 Å². The quantitative estimate of drug-likeness (QED) is 0.800. The number of nitriles is 1. The van der Waals surface area contributed by atoms with E-state index in [0.717, 1.165) is 5.56 Å². The topological polar surface area (TPSA) is 57.9 Å². The molecule has 0 radical (unpaired) electrons. The lowest BCUT2D eigenvalue weighted by Crippen LogP contribution is -2.14. The van der Waals surface area contributed by atoms with Gasteiger partial charge in [0, 0.05) is 5.56 Å². The molecule has 4 heteroatoms. The molecule has 2 saturated carbocycles. The fraction of sp³-hybridized carbons (Fsp3) is 0.211. The summed E-state index contributed by atoms with van der Waals surface area (Å²) >= 11 is 0. The summed E-state index contributed by atoms with van der Waals surface area (Å²) in [5, 5.41) is 8.78. The number of sulfone groups is 1. The Morgan fingerprint density at radius 1 is 0.913 bits per heavy atom. The first-order valence-electron chi connectivity index (χ1n) is 7.36. The van der Waals surface area contributed by atoms with Crippen molar-refractivity contribution in [2.45, 2.75) is 22.5 Å². The maximum atomic E-state index is 12.8. The highest BCUT2D eigenvalue weighted by Gasteiger charge is 2.89. The van der Waals surface area contributed by atoms with Gasteiger partial charge in [-0.05, 0) is 49.2 Å². The van der Waals surface area contributed by atoms with Crippen LogP contribution in [-0.4, -0.2) is 13.2 Å². The molecule has 0 spiro atoms. The van der Waals surface area contributed by atoms with Gasteiger partial charge < -0.3 is 0 Å². The predicted octanol–water partition coefficient (Wildman–Crippen LogP) is 2.92. The first kappa shape index (κ1) is 14.1. The van der Waals surface area contributed by atoms with Crippen LogP contribution in [0.4, 0.5) is 0 Å². The van der Waals surface area contributed by atoms with E-state index in [1.165, 1.54) is 0 Å². The highest BCUT2D eigenvalue weighted by molar-refractivity contribution is 7.93. The van der Waals surface area contributed by atoms with Crippen molar-refractivity contribution in [1.82, 2.24) is 0 Å². The molecule has 0 atom stereocenters. The number of rotatable bonds is 2. The lowest BCUT2D eigenvalue weighted by molar-refractivity contribution is 0.587. The second-order valence-corrected chi connectivity index (χ2v) is 8.45. The minimum absolute atomic E-state index is 0.366. The van der Waals surface area contributed by atoms with E-state index >= 15 is 0 Å². The number of hydrogen-bond acceptors (Lipinski definition) is 3. The average molecular weight is 319 g/mol. The van der Waals surface area contributed by atoms with E-state index in [4.69, 9.17) is 5.26 Å². The summed E-state index contributed by atoms with van der Waals surface area (Å²) in [7, 11) is -3.31. The van der Waals surface area contributed by atoms with Gasteiger partial charge in [0.2, 0.25) is 0 Å². The van der Waals surface area contributed by atoms with Gasteiger partial charge in [-0.25, -0.2) is 8.42 Å². The molecule has 0 aromatic heterocycles. The molecule has 0 bridgehead atoms. The summed E-state index contributed by atoms with van der Waals surface area (Å²) < 4.78 is 24.8. The predicted molar refractivity (Wildman–Crippen MR) is 86.1 cm³/mol. The van der Waals surface area contributed by atoms with Crippen molar-refractivity contribution in [1.29, 1.82) is 5.26 Å². The molecule has 0 saturated heterocycles. The zero-order valence-electron chi connectivity index (χ0n) is 12.3. The van der Waals surface area contributed by atoms with E-state index in [0.29, 0.717) is 23.3 Å². The Bertz CT molecular complexity index is 981. The Hall–Kier alpha value is -2.56. The van der Waals surface area contributed by atoms with E-state index < -0.39 is 14.6 Å². The first-order chi connectivity index (χ1) is 11.0. The van der Waals surface area contributed by atoms with Crippen LogP contribution >= 0.6 is 0 Å². The molecule has 2 aliphatic rings. The molecule has 0 amide bonds. The van der Waals surface area contributed by atoms with Crippen LogP contribution in [-0.2, 0) is 9.84 Å². The van der Waals surface area contributed by atoms with Gasteiger partial charge in [-0.15, -0.1) is 0 Å². The van der Waals surface area contributed by atoms with Crippen LogP contribution in [0.5, 0.6) is 0 Å². The van der Waals surface area contributed by atoms with Crippen molar-refractivity contribution in [3.63, 3.8) is 0 Å². The van der Waals surface area contributed by atoms with Crippen molar-refractivity contribution in [3.8, 4) is 17.9 Å². The van der Waals surface area contributed by atoms with Crippen LogP contribution < -0.4 is 0 Å². The number of benzene rings is 2. The summed E-state index contributed by atoms with van der Waals surface area (Å²) in [5.74, 6) is 6.23. The molecule has 4 rings (SSSR count). The first-order valence-corrected chi connectivity index (χ1v) is 8.84. The van der Waals surface area contributed by atoms with Crippen LogP contribution in [0.25, 0.3) is 0 Å². The van der Waals surface area contributed by atoms with Crippen LogP contribution in [0.1, 0.15) is 24.0 Å². The summed E-state index contributed by atoms with van der Waals surface area (Å²) in [6.45, 7) is 0. The Morgan fingerprint density at radius 3 is 2.13 bits per heavy atom. The molecule has 112 valence electrons. The molecule has 0 heterocycles. The normalized spacial score (nSPS) is 27.1. The SMILES string of the molecule is N#Cc1ccc(C#CC23CC2(S(=O)(=O)c2ccccc2)C3)cc1. The molecule has 0 unspecified atom stereocenters. The summed E-state index contributed by atoms with van der Waals surface area (Å²) in [6, 6.07) is 17.7. The summed E-state index contributed by atoms with van der Waals surface area (Å²) in [4.78, 5) is 0.388. The van der Waals surface area contributed by atoms with Gasteiger partial charge in [-0.2, -0.15) is 5.26 Å². The van der Waals surface area contributed by atoms with Crippen LogP contribution in [0.2, 0.25) is 0 Å². The standard InChI is InChI=1S/C19H13NO2S/c20-12-16-8-6-15(7-9-16)10-11-18-13-19(18,14-18)23(21,22)17-4-2-1-3-5-17/h1-9H,13-14H2. The monoisotopic (exact) mass is 319 g/mol. The molecule has 3 nitrogen and oxygen atoms in total. The number of fused-ring (bicyclic) bond motifs is 1. The van der Waals surface area contributed by atoms with Gasteiger partial charge in [-0.3, -0.25) is 0 Å². The molecule has 2 aromatic carbocycles. The smallest absolute Gasteiger partial charge is 0.185 e. The van der Waals surface area contributed by atoms with E-state index in [2.05, 4.69) is 17.9 Å². The molecule has 2 fully saturated rings. The molecule has 2 aromatic rings. The van der Waals surface area contributed by atoms with E-state index in [-0.39, 0.29) is 5.41 Å². The molecule has 0 aliphatic heterocycles. The Labute approximate surface area is 135 Å². The minimum atomic E-state index is -3.31. The maximum absolute atomic E-state index is 12.8. The van der Waals surface area contributed by atoms with Crippen molar-refractivity contribution < 1.29 is 8.42 Å². The highest BCUT2D eigenvalue weighted by atomic mass is 32.2. The lowest BCUT2D eigenvalue weighted by atomic mass is 10.1. The fourth-order valence-corrected chi connectivity index (χ4v) is 5.53. The van der Waals surface area contributed by atoms with Crippen molar-refractivity contribution >= 4 is 9.84 Å². The summed E-state index contributed by atoms with van der Waals surface area (Å²) in [5.41, 5.74) is 1.03. The third kappa shape index (κ3) is 1.92. The summed E-state index contributed by atoms with van der Waals surface area (Å²) in [6.07, 6.45) is 1.25. The lowest BCUT2D eigenvalue weighted by Gasteiger charge is -2.04. The fourth-order valence-electron chi connectivity index (χ4n) is 3.13. The van der Waals surface area contributed by atoms with Crippen LogP contribution in [0.3, 0.4) is 0 Å². The third-order valence-corrected chi connectivity index (χ3v) is 7.43. The maximum Gasteiger partial charge on any atom is 0.185 e.